The van der Waals surface area contributed by atoms with E-state index in [0.717, 1.165) is 17.3 Å². The Hall–Kier alpha value is -1.32. The van der Waals surface area contributed by atoms with Crippen LogP contribution in [0.3, 0.4) is 0 Å². The zero-order valence-corrected chi connectivity index (χ0v) is 15.4. The van der Waals surface area contributed by atoms with Crippen LogP contribution in [0.4, 0.5) is 0 Å². The molecule has 1 aromatic rings. The number of rotatable bonds is 8. The second kappa shape index (κ2) is 9.65. The standard InChI is InChI=1S/C15H21NO5Te/c1-4-7-8-22-13-12(17)11(15(19)21-6-3)10(9-16-13)14(18)20-5-2/h9,17H,4-8H2,1-3H3. The Morgan fingerprint density at radius 3 is 2.41 bits per heavy atom. The van der Waals surface area contributed by atoms with Crippen molar-refractivity contribution in [2.45, 2.75) is 38.1 Å². The number of ether oxygens (including phenoxy) is 2. The average molecular weight is 423 g/mol. The van der Waals surface area contributed by atoms with Gasteiger partial charge in [0.05, 0.1) is 0 Å². The minimum absolute atomic E-state index is 0.0514. The summed E-state index contributed by atoms with van der Waals surface area (Å²) in [7, 11) is 0. The summed E-state index contributed by atoms with van der Waals surface area (Å²) in [6.45, 7) is 5.75. The van der Waals surface area contributed by atoms with Gasteiger partial charge in [-0.2, -0.15) is 0 Å². The fraction of sp³-hybridized carbons (Fsp3) is 0.533. The summed E-state index contributed by atoms with van der Waals surface area (Å²) in [5, 5.41) is 10.3. The van der Waals surface area contributed by atoms with Gasteiger partial charge in [-0.25, -0.2) is 0 Å². The molecule has 7 heteroatoms. The maximum atomic E-state index is 12.1. The third kappa shape index (κ3) is 4.85. The zero-order valence-electron chi connectivity index (χ0n) is 13.0. The molecule has 1 N–H and O–H groups in total. The predicted octanol–water partition coefficient (Wildman–Crippen LogP) is 1.69. The van der Waals surface area contributed by atoms with Crippen LogP contribution in [0.1, 0.15) is 54.3 Å². The van der Waals surface area contributed by atoms with Gasteiger partial charge in [-0.3, -0.25) is 0 Å². The van der Waals surface area contributed by atoms with Gasteiger partial charge in [-0.1, -0.05) is 0 Å². The van der Waals surface area contributed by atoms with E-state index in [9.17, 15) is 14.7 Å². The van der Waals surface area contributed by atoms with Gasteiger partial charge in [0.15, 0.2) is 0 Å². The number of nitrogens with zero attached hydrogens (tertiary/aromatic N) is 1. The van der Waals surface area contributed by atoms with Gasteiger partial charge in [-0.05, 0) is 0 Å². The van der Waals surface area contributed by atoms with Crippen molar-refractivity contribution < 1.29 is 24.2 Å². The van der Waals surface area contributed by atoms with Crippen LogP contribution >= 0.6 is 0 Å². The van der Waals surface area contributed by atoms with Crippen molar-refractivity contribution in [1.82, 2.24) is 4.98 Å². The van der Waals surface area contributed by atoms with E-state index >= 15 is 0 Å². The molecule has 0 atom stereocenters. The number of aromatic nitrogens is 1. The molecule has 6 nitrogen and oxygen atoms in total. The van der Waals surface area contributed by atoms with Crippen LogP contribution in [0.25, 0.3) is 0 Å². The molecular formula is C15H21NO5Te. The van der Waals surface area contributed by atoms with Gasteiger partial charge >= 0.3 is 140 Å². The molecule has 0 bridgehead atoms. The van der Waals surface area contributed by atoms with Gasteiger partial charge < -0.3 is 0 Å². The van der Waals surface area contributed by atoms with E-state index in [-0.39, 0.29) is 30.1 Å². The maximum absolute atomic E-state index is 12.1. The average Bonchev–Trinajstić information content (AvgIpc) is 2.49. The number of aromatic hydroxyl groups is 1. The van der Waals surface area contributed by atoms with Crippen molar-refractivity contribution in [3.63, 3.8) is 0 Å². The third-order valence-corrected chi connectivity index (χ3v) is 5.77. The molecule has 0 aliphatic rings. The molecule has 0 unspecified atom stereocenters. The summed E-state index contributed by atoms with van der Waals surface area (Å²) >= 11 is -0.707. The third-order valence-electron chi connectivity index (χ3n) is 2.73. The second-order valence-corrected chi connectivity index (χ2v) is 7.44. The molecule has 0 aliphatic carbocycles. The first kappa shape index (κ1) is 18.7. The van der Waals surface area contributed by atoms with Crippen LogP contribution in [0.5, 0.6) is 5.75 Å². The predicted molar refractivity (Wildman–Crippen MR) is 82.9 cm³/mol. The van der Waals surface area contributed by atoms with Gasteiger partial charge in [0, 0.05) is 0 Å². The quantitative estimate of drug-likeness (QED) is 0.390. The van der Waals surface area contributed by atoms with Gasteiger partial charge in [0.25, 0.3) is 0 Å². The number of carbonyl (C=O) groups excluding carboxylic acids is 2. The normalized spacial score (nSPS) is 10.3. The topological polar surface area (TPSA) is 85.7 Å². The summed E-state index contributed by atoms with van der Waals surface area (Å²) in [6.07, 6.45) is 3.42. The van der Waals surface area contributed by atoms with E-state index in [0.29, 0.717) is 3.74 Å². The first-order valence-corrected chi connectivity index (χ1v) is 10.1. The SMILES string of the molecule is CCCC[Te]c1ncc(C(=O)OCC)c(C(=O)OCC)c1O. The number of carbonyl (C=O) groups is 2. The molecule has 122 valence electrons. The Bertz CT molecular complexity index is 533. The Kier molecular flexibility index (Phi) is 8.21. The zero-order chi connectivity index (χ0) is 16.5. The van der Waals surface area contributed by atoms with E-state index in [1.807, 2.05) is 0 Å². The Morgan fingerprint density at radius 2 is 1.82 bits per heavy atom. The fourth-order valence-electron chi connectivity index (χ4n) is 1.68. The molecule has 0 aliphatic heterocycles. The van der Waals surface area contributed by atoms with E-state index in [2.05, 4.69) is 11.9 Å². The van der Waals surface area contributed by atoms with Crippen molar-refractivity contribution >= 4 is 36.6 Å². The van der Waals surface area contributed by atoms with E-state index in [1.165, 1.54) is 6.20 Å². The van der Waals surface area contributed by atoms with Crippen LogP contribution in [-0.2, 0) is 9.47 Å². The molecule has 0 radical (unpaired) electrons. The van der Waals surface area contributed by atoms with E-state index in [1.54, 1.807) is 13.8 Å². The second-order valence-electron chi connectivity index (χ2n) is 4.34. The number of esters is 2. The summed E-state index contributed by atoms with van der Waals surface area (Å²) in [5.74, 6) is -1.65. The molecule has 0 fully saturated rings. The van der Waals surface area contributed by atoms with E-state index < -0.39 is 32.9 Å². The molecule has 1 heterocycles. The fourth-order valence-corrected chi connectivity index (χ4v) is 4.51. The molecular weight excluding hydrogens is 402 g/mol. The molecule has 0 saturated carbocycles. The Morgan fingerprint density at radius 1 is 1.18 bits per heavy atom. The molecule has 1 rings (SSSR count). The first-order valence-electron chi connectivity index (χ1n) is 7.25. The number of hydrogen-bond donors (Lipinski definition) is 1. The summed E-state index contributed by atoms with van der Waals surface area (Å²) in [5.41, 5.74) is -0.184. The summed E-state index contributed by atoms with van der Waals surface area (Å²) < 4.78 is 11.3. The van der Waals surface area contributed by atoms with Gasteiger partial charge in [0.1, 0.15) is 0 Å². The molecule has 0 amide bonds. The van der Waals surface area contributed by atoms with Crippen molar-refractivity contribution in [1.29, 1.82) is 0 Å². The van der Waals surface area contributed by atoms with Crippen LogP contribution < -0.4 is 3.74 Å². The summed E-state index contributed by atoms with van der Waals surface area (Å²) in [6, 6.07) is 0. The Labute approximate surface area is 140 Å². The van der Waals surface area contributed by atoms with Crippen molar-refractivity contribution in [3.8, 4) is 5.75 Å². The molecule has 0 aromatic carbocycles. The van der Waals surface area contributed by atoms with Crippen LogP contribution in [-0.4, -0.2) is 56.2 Å². The monoisotopic (exact) mass is 425 g/mol. The van der Waals surface area contributed by atoms with E-state index in [4.69, 9.17) is 9.47 Å². The number of unbranched alkanes of at least 4 members (excludes halogenated alkanes) is 1. The van der Waals surface area contributed by atoms with Crippen molar-refractivity contribution in [3.05, 3.63) is 17.3 Å². The minimum atomic E-state index is -0.727. The van der Waals surface area contributed by atoms with Crippen LogP contribution in [0.15, 0.2) is 6.20 Å². The van der Waals surface area contributed by atoms with Crippen molar-refractivity contribution in [2.24, 2.45) is 0 Å². The molecule has 0 spiro atoms. The van der Waals surface area contributed by atoms with Gasteiger partial charge in [0.2, 0.25) is 0 Å². The molecule has 1 aromatic heterocycles. The first-order chi connectivity index (χ1) is 10.6. The van der Waals surface area contributed by atoms with Crippen LogP contribution in [0.2, 0.25) is 4.47 Å². The number of hydrogen-bond acceptors (Lipinski definition) is 6. The molecule has 22 heavy (non-hydrogen) atoms. The van der Waals surface area contributed by atoms with Crippen LogP contribution in [0, 0.1) is 0 Å². The Balaban J connectivity index is 3.20. The number of pyridine rings is 1. The molecule has 0 saturated heterocycles. The van der Waals surface area contributed by atoms with Crippen molar-refractivity contribution in [2.75, 3.05) is 13.2 Å². The van der Waals surface area contributed by atoms with Gasteiger partial charge in [-0.15, -0.1) is 0 Å². The summed E-state index contributed by atoms with van der Waals surface area (Å²) in [4.78, 5) is 28.2.